The van der Waals surface area contributed by atoms with Crippen molar-refractivity contribution < 1.29 is 0 Å². The Kier molecular flexibility index (Phi) is 6.09. The molecule has 0 atom stereocenters. The van der Waals surface area contributed by atoms with E-state index in [0.29, 0.717) is 0 Å². The van der Waals surface area contributed by atoms with Crippen molar-refractivity contribution in [2.75, 3.05) is 0 Å². The summed E-state index contributed by atoms with van der Waals surface area (Å²) < 4.78 is 5.45. The predicted molar refractivity (Wildman–Crippen MR) is 221 cm³/mol. The maximum atomic E-state index is 2.40. The van der Waals surface area contributed by atoms with Crippen molar-refractivity contribution in [3.8, 4) is 33.4 Å². The van der Waals surface area contributed by atoms with E-state index in [-0.39, 0.29) is 0 Å². The lowest BCUT2D eigenvalue weighted by atomic mass is 9.84. The molecule has 2 aromatic heterocycles. The summed E-state index contributed by atoms with van der Waals surface area (Å²) in [6.45, 7) is 0. The molecule has 11 aromatic rings. The van der Waals surface area contributed by atoms with Gasteiger partial charge in [0, 0.05) is 40.3 Å². The van der Waals surface area contributed by atoms with Crippen LogP contribution in [-0.4, -0.2) is 0 Å². The van der Waals surface area contributed by atoms with Gasteiger partial charge in [-0.15, -0.1) is 22.7 Å². The quantitative estimate of drug-likeness (QED) is 0.164. The Labute approximate surface area is 297 Å². The van der Waals surface area contributed by atoms with E-state index in [2.05, 4.69) is 170 Å². The minimum atomic E-state index is 1.24. The summed E-state index contributed by atoms with van der Waals surface area (Å²) in [5.41, 5.74) is 7.59. The molecular weight excluding hydrogens is 641 g/mol. The summed E-state index contributed by atoms with van der Waals surface area (Å²) in [4.78, 5) is 0. The van der Waals surface area contributed by atoms with Gasteiger partial charge in [0.05, 0.1) is 0 Å². The second kappa shape index (κ2) is 10.9. The second-order valence-electron chi connectivity index (χ2n) is 13.2. The molecule has 0 bridgehead atoms. The maximum Gasteiger partial charge on any atom is 0.0448 e. The van der Waals surface area contributed by atoms with E-state index in [0.717, 1.165) is 0 Å². The number of thiophene rings is 2. The lowest BCUT2D eigenvalue weighted by Gasteiger charge is -2.19. The summed E-state index contributed by atoms with van der Waals surface area (Å²) in [5.74, 6) is 0. The van der Waals surface area contributed by atoms with Crippen LogP contribution in [-0.2, 0) is 0 Å². The third-order valence-corrected chi connectivity index (χ3v) is 12.8. The van der Waals surface area contributed by atoms with Gasteiger partial charge >= 0.3 is 0 Å². The molecule has 0 N–H and O–H groups in total. The standard InChI is InChI=1S/C48H28S2/c1-2-15-33-29(11-1)12-10-21-35(33)46-38-18-5-3-16-36(38)45(37-17-4-6-19-39(37)46)32-14-9-13-30(27-32)31-23-24-34-40-25-26-43-47(48(40)50-44(34)28-31)41-20-7-8-22-42(41)49-43/h1-28H. The van der Waals surface area contributed by atoms with Crippen LogP contribution < -0.4 is 0 Å². The van der Waals surface area contributed by atoms with Crippen LogP contribution in [0.3, 0.4) is 0 Å². The zero-order valence-corrected chi connectivity index (χ0v) is 28.6. The molecule has 50 heavy (non-hydrogen) atoms. The van der Waals surface area contributed by atoms with E-state index in [9.17, 15) is 0 Å². The summed E-state index contributed by atoms with van der Waals surface area (Å²) in [5, 5.41) is 13.1. The molecule has 0 nitrogen and oxygen atoms in total. The minimum absolute atomic E-state index is 1.24. The van der Waals surface area contributed by atoms with Crippen molar-refractivity contribution in [3.05, 3.63) is 170 Å². The van der Waals surface area contributed by atoms with Crippen molar-refractivity contribution >= 4 is 95.3 Å². The molecule has 0 saturated heterocycles. The fraction of sp³-hybridized carbons (Fsp3) is 0. The molecule has 9 aromatic carbocycles. The number of rotatable bonds is 3. The summed E-state index contributed by atoms with van der Waals surface area (Å²) in [6, 6.07) is 63.0. The van der Waals surface area contributed by atoms with E-state index in [1.165, 1.54) is 106 Å². The average molecular weight is 669 g/mol. The normalized spacial score (nSPS) is 12.0. The molecule has 0 fully saturated rings. The molecule has 0 aliphatic rings. The second-order valence-corrected chi connectivity index (χ2v) is 15.3. The maximum absolute atomic E-state index is 2.40. The van der Waals surface area contributed by atoms with E-state index in [1.807, 2.05) is 22.7 Å². The lowest BCUT2D eigenvalue weighted by molar-refractivity contribution is 1.63. The van der Waals surface area contributed by atoms with E-state index < -0.39 is 0 Å². The fourth-order valence-corrected chi connectivity index (χ4v) is 10.7. The Morgan fingerprint density at radius 1 is 0.300 bits per heavy atom. The Hall–Kier alpha value is -5.80. The van der Waals surface area contributed by atoms with Gasteiger partial charge in [-0.2, -0.15) is 0 Å². The van der Waals surface area contributed by atoms with Crippen LogP contribution in [0.25, 0.3) is 106 Å². The van der Waals surface area contributed by atoms with Crippen LogP contribution in [0.15, 0.2) is 170 Å². The van der Waals surface area contributed by atoms with Crippen LogP contribution in [0.4, 0.5) is 0 Å². The molecule has 0 saturated carbocycles. The van der Waals surface area contributed by atoms with Gasteiger partial charge in [0.1, 0.15) is 0 Å². The van der Waals surface area contributed by atoms with E-state index in [1.54, 1.807) is 0 Å². The van der Waals surface area contributed by atoms with Crippen LogP contribution >= 0.6 is 22.7 Å². The fourth-order valence-electron chi connectivity index (χ4n) is 8.25. The van der Waals surface area contributed by atoms with Gasteiger partial charge in [-0.3, -0.25) is 0 Å². The zero-order valence-electron chi connectivity index (χ0n) is 27.0. The lowest BCUT2D eigenvalue weighted by Crippen LogP contribution is -1.92. The van der Waals surface area contributed by atoms with E-state index >= 15 is 0 Å². The van der Waals surface area contributed by atoms with Crippen LogP contribution in [0.1, 0.15) is 0 Å². The molecule has 2 heteroatoms. The average Bonchev–Trinajstić information content (AvgIpc) is 3.75. The Bertz CT molecular complexity index is 3090. The van der Waals surface area contributed by atoms with Crippen molar-refractivity contribution in [2.45, 2.75) is 0 Å². The monoisotopic (exact) mass is 668 g/mol. The first kappa shape index (κ1) is 28.1. The minimum Gasteiger partial charge on any atom is -0.135 e. The Morgan fingerprint density at radius 2 is 0.900 bits per heavy atom. The summed E-state index contributed by atoms with van der Waals surface area (Å²) in [7, 11) is 0. The number of hydrogen-bond acceptors (Lipinski definition) is 2. The molecule has 2 heterocycles. The van der Waals surface area contributed by atoms with Gasteiger partial charge in [-0.05, 0) is 90.0 Å². The predicted octanol–water partition coefficient (Wildman–Crippen LogP) is 14.9. The molecule has 0 radical (unpaired) electrons. The molecule has 232 valence electrons. The third kappa shape index (κ3) is 4.10. The number of hydrogen-bond donors (Lipinski definition) is 0. The van der Waals surface area contributed by atoms with Gasteiger partial charge in [0.15, 0.2) is 0 Å². The van der Waals surface area contributed by atoms with Gasteiger partial charge in [-0.25, -0.2) is 0 Å². The van der Waals surface area contributed by atoms with Crippen LogP contribution in [0.5, 0.6) is 0 Å². The van der Waals surface area contributed by atoms with Gasteiger partial charge < -0.3 is 0 Å². The number of benzene rings is 9. The number of fused-ring (bicyclic) bond motifs is 10. The highest BCUT2D eigenvalue weighted by atomic mass is 32.1. The van der Waals surface area contributed by atoms with Crippen molar-refractivity contribution in [2.24, 2.45) is 0 Å². The first-order valence-electron chi connectivity index (χ1n) is 17.1. The van der Waals surface area contributed by atoms with Crippen molar-refractivity contribution in [3.63, 3.8) is 0 Å². The smallest absolute Gasteiger partial charge is 0.0448 e. The molecule has 11 rings (SSSR count). The molecule has 0 unspecified atom stereocenters. The van der Waals surface area contributed by atoms with Crippen molar-refractivity contribution in [1.82, 2.24) is 0 Å². The van der Waals surface area contributed by atoms with Gasteiger partial charge in [0.25, 0.3) is 0 Å². The highest BCUT2D eigenvalue weighted by molar-refractivity contribution is 7.29. The highest BCUT2D eigenvalue weighted by Gasteiger charge is 2.19. The third-order valence-electron chi connectivity index (χ3n) is 10.5. The van der Waals surface area contributed by atoms with Gasteiger partial charge in [0.2, 0.25) is 0 Å². The first-order chi connectivity index (χ1) is 24.8. The Morgan fingerprint density at radius 3 is 1.70 bits per heavy atom. The first-order valence-corrected chi connectivity index (χ1v) is 18.7. The topological polar surface area (TPSA) is 0 Å². The van der Waals surface area contributed by atoms with Gasteiger partial charge in [-0.1, -0.05) is 146 Å². The molecule has 0 aliphatic heterocycles. The molecular formula is C48H28S2. The zero-order chi connectivity index (χ0) is 32.8. The Balaban J connectivity index is 1.12. The molecule has 0 amide bonds. The summed E-state index contributed by atoms with van der Waals surface area (Å²) in [6.07, 6.45) is 0. The largest absolute Gasteiger partial charge is 0.135 e. The van der Waals surface area contributed by atoms with Crippen LogP contribution in [0.2, 0.25) is 0 Å². The molecule has 0 aliphatic carbocycles. The molecule has 0 spiro atoms. The van der Waals surface area contributed by atoms with Crippen molar-refractivity contribution in [1.29, 1.82) is 0 Å². The van der Waals surface area contributed by atoms with E-state index in [4.69, 9.17) is 0 Å². The van der Waals surface area contributed by atoms with Crippen LogP contribution in [0, 0.1) is 0 Å². The SMILES string of the molecule is c1cc(-c2ccc3c(c2)sc2c3ccc3sc4ccccc4c32)cc(-c2c3ccccc3c(-c3cccc4ccccc34)c3ccccc23)c1. The summed E-state index contributed by atoms with van der Waals surface area (Å²) >= 11 is 3.82. The highest BCUT2D eigenvalue weighted by Crippen LogP contribution is 2.47.